The van der Waals surface area contributed by atoms with Gasteiger partial charge in [0.05, 0.1) is 16.3 Å². The summed E-state index contributed by atoms with van der Waals surface area (Å²) in [4.78, 5) is 24.3. The van der Waals surface area contributed by atoms with E-state index in [1.807, 2.05) is 0 Å². The molecule has 140 valence electrons. The molecule has 2 aliphatic rings. The molecule has 1 heterocycles. The number of anilines is 1. The molecule has 0 radical (unpaired) electrons. The highest BCUT2D eigenvalue weighted by Crippen LogP contribution is 2.37. The quantitative estimate of drug-likeness (QED) is 0.461. The van der Waals surface area contributed by atoms with E-state index < -0.39 is 35.0 Å². The summed E-state index contributed by atoms with van der Waals surface area (Å²) in [6, 6.07) is 2.68. The van der Waals surface area contributed by atoms with Crippen LogP contribution >= 0.6 is 11.6 Å². The monoisotopic (exact) mass is 389 g/mol. The molecule has 1 aromatic rings. The van der Waals surface area contributed by atoms with Crippen molar-refractivity contribution in [2.24, 2.45) is 0 Å². The molecule has 1 spiro atoms. The highest BCUT2D eigenvalue weighted by atomic mass is 35.5. The van der Waals surface area contributed by atoms with Gasteiger partial charge in [-0.3, -0.25) is 0 Å². The summed E-state index contributed by atoms with van der Waals surface area (Å²) < 4.78 is 48.9. The Labute approximate surface area is 152 Å². The van der Waals surface area contributed by atoms with Gasteiger partial charge in [0.1, 0.15) is 0 Å². The first-order valence-electron chi connectivity index (χ1n) is 8.00. The van der Waals surface area contributed by atoms with Crippen LogP contribution in [0.2, 0.25) is 5.02 Å². The van der Waals surface area contributed by atoms with Crippen LogP contribution in [-0.2, 0) is 25.2 Å². The van der Waals surface area contributed by atoms with E-state index in [2.05, 4.69) is 5.32 Å². The Morgan fingerprint density at radius 3 is 2.27 bits per heavy atom. The lowest BCUT2D eigenvalue weighted by molar-refractivity contribution is -0.244. The number of carbonyl (C=O) groups is 2. The SMILES string of the molecule is O=C1OC2(CCCCC2)OC(=O)C1=CNc1cc(C(F)(F)F)ccc1Cl. The summed E-state index contributed by atoms with van der Waals surface area (Å²) in [5.74, 6) is -2.98. The molecule has 1 aliphatic carbocycles. The summed E-state index contributed by atoms with van der Waals surface area (Å²) in [6.45, 7) is 0. The van der Waals surface area contributed by atoms with E-state index in [1.165, 1.54) is 0 Å². The zero-order valence-electron chi connectivity index (χ0n) is 13.5. The van der Waals surface area contributed by atoms with Crippen LogP contribution < -0.4 is 5.32 Å². The van der Waals surface area contributed by atoms with Gasteiger partial charge in [0.2, 0.25) is 0 Å². The maximum Gasteiger partial charge on any atom is 0.416 e. The Bertz CT molecular complexity index is 748. The van der Waals surface area contributed by atoms with Crippen molar-refractivity contribution in [1.82, 2.24) is 0 Å². The van der Waals surface area contributed by atoms with Gasteiger partial charge in [-0.1, -0.05) is 18.0 Å². The van der Waals surface area contributed by atoms with E-state index >= 15 is 0 Å². The molecule has 0 amide bonds. The third-order valence-electron chi connectivity index (χ3n) is 4.28. The minimum absolute atomic E-state index is 0.00357. The molecule has 9 heteroatoms. The predicted molar refractivity (Wildman–Crippen MR) is 86.2 cm³/mol. The summed E-state index contributed by atoms with van der Waals surface area (Å²) in [5.41, 5.74) is -1.46. The molecule has 1 aromatic carbocycles. The van der Waals surface area contributed by atoms with Crippen LogP contribution in [0.15, 0.2) is 30.0 Å². The molecular formula is C17H15ClF3NO4. The first-order chi connectivity index (χ1) is 12.2. The Hall–Kier alpha value is -2.22. The average Bonchev–Trinajstić information content (AvgIpc) is 2.55. The van der Waals surface area contributed by atoms with Crippen LogP contribution in [-0.4, -0.2) is 17.7 Å². The van der Waals surface area contributed by atoms with Crippen molar-refractivity contribution >= 4 is 29.2 Å². The number of nitrogens with one attached hydrogen (secondary N) is 1. The van der Waals surface area contributed by atoms with Gasteiger partial charge in [-0.05, 0) is 31.0 Å². The highest BCUT2D eigenvalue weighted by molar-refractivity contribution is 6.33. The minimum atomic E-state index is -4.55. The zero-order chi connectivity index (χ0) is 18.9. The minimum Gasteiger partial charge on any atom is -0.419 e. The Morgan fingerprint density at radius 1 is 1.08 bits per heavy atom. The van der Waals surface area contributed by atoms with Crippen molar-refractivity contribution in [2.75, 3.05) is 5.32 Å². The van der Waals surface area contributed by atoms with Crippen LogP contribution in [0.4, 0.5) is 18.9 Å². The molecule has 1 saturated heterocycles. The van der Waals surface area contributed by atoms with Crippen LogP contribution in [0, 0.1) is 0 Å². The molecule has 1 saturated carbocycles. The standard InChI is InChI=1S/C17H15ClF3NO4/c18-12-5-4-10(17(19,20)21)8-13(12)22-9-11-14(23)25-16(26-15(11)24)6-2-1-3-7-16/h4-5,8-9,22H,1-3,6-7H2. The number of rotatable bonds is 2. The topological polar surface area (TPSA) is 64.6 Å². The number of esters is 2. The second-order valence-electron chi connectivity index (χ2n) is 6.15. The number of hydrogen-bond donors (Lipinski definition) is 1. The molecule has 0 bridgehead atoms. The molecule has 1 aliphatic heterocycles. The predicted octanol–water partition coefficient (Wildman–Crippen LogP) is 4.42. The lowest BCUT2D eigenvalue weighted by Gasteiger charge is -2.38. The fourth-order valence-electron chi connectivity index (χ4n) is 2.93. The largest absolute Gasteiger partial charge is 0.419 e. The molecule has 1 N–H and O–H groups in total. The summed E-state index contributed by atoms with van der Waals surface area (Å²) in [5, 5.41) is 2.45. The van der Waals surface area contributed by atoms with Crippen molar-refractivity contribution in [3.63, 3.8) is 0 Å². The van der Waals surface area contributed by atoms with E-state index in [9.17, 15) is 22.8 Å². The molecule has 3 rings (SSSR count). The van der Waals surface area contributed by atoms with E-state index in [0.29, 0.717) is 12.8 Å². The average molecular weight is 390 g/mol. The number of ether oxygens (including phenoxy) is 2. The van der Waals surface area contributed by atoms with E-state index in [0.717, 1.165) is 43.7 Å². The van der Waals surface area contributed by atoms with Gasteiger partial charge in [0, 0.05) is 19.0 Å². The normalized spacial score (nSPS) is 19.8. The van der Waals surface area contributed by atoms with Gasteiger partial charge in [0.15, 0.2) is 5.57 Å². The van der Waals surface area contributed by atoms with Crippen LogP contribution in [0.5, 0.6) is 0 Å². The molecule has 0 atom stereocenters. The lowest BCUT2D eigenvalue weighted by Crippen LogP contribution is -2.47. The molecule has 0 aromatic heterocycles. The first-order valence-corrected chi connectivity index (χ1v) is 8.38. The van der Waals surface area contributed by atoms with Gasteiger partial charge in [-0.15, -0.1) is 0 Å². The summed E-state index contributed by atoms with van der Waals surface area (Å²) >= 11 is 5.86. The van der Waals surface area contributed by atoms with E-state index in [-0.39, 0.29) is 10.7 Å². The second-order valence-corrected chi connectivity index (χ2v) is 6.55. The number of alkyl halides is 3. The number of halogens is 4. The molecule has 26 heavy (non-hydrogen) atoms. The Kier molecular flexibility index (Phi) is 4.88. The number of hydrogen-bond acceptors (Lipinski definition) is 5. The molecule has 5 nitrogen and oxygen atoms in total. The van der Waals surface area contributed by atoms with E-state index in [1.54, 1.807) is 0 Å². The Balaban J connectivity index is 1.79. The first kappa shape index (κ1) is 18.6. The van der Waals surface area contributed by atoms with Gasteiger partial charge < -0.3 is 14.8 Å². The van der Waals surface area contributed by atoms with Gasteiger partial charge in [-0.25, -0.2) is 9.59 Å². The maximum atomic E-state index is 12.8. The lowest BCUT2D eigenvalue weighted by atomic mass is 9.93. The maximum absolute atomic E-state index is 12.8. The summed E-state index contributed by atoms with van der Waals surface area (Å²) in [7, 11) is 0. The van der Waals surface area contributed by atoms with Crippen molar-refractivity contribution < 1.29 is 32.2 Å². The van der Waals surface area contributed by atoms with Crippen LogP contribution in [0.1, 0.15) is 37.7 Å². The van der Waals surface area contributed by atoms with Crippen molar-refractivity contribution in [3.05, 3.63) is 40.6 Å². The number of carbonyl (C=O) groups excluding carboxylic acids is 2. The Morgan fingerprint density at radius 2 is 1.69 bits per heavy atom. The van der Waals surface area contributed by atoms with Crippen LogP contribution in [0.3, 0.4) is 0 Å². The smallest absolute Gasteiger partial charge is 0.416 e. The molecule has 2 fully saturated rings. The second kappa shape index (κ2) is 6.83. The third-order valence-corrected chi connectivity index (χ3v) is 4.61. The van der Waals surface area contributed by atoms with Gasteiger partial charge >= 0.3 is 18.1 Å². The fraction of sp³-hybridized carbons (Fsp3) is 0.412. The van der Waals surface area contributed by atoms with Crippen LogP contribution in [0.25, 0.3) is 0 Å². The number of benzene rings is 1. The van der Waals surface area contributed by atoms with Gasteiger partial charge in [0.25, 0.3) is 5.79 Å². The fourth-order valence-corrected chi connectivity index (χ4v) is 3.10. The van der Waals surface area contributed by atoms with Crippen molar-refractivity contribution in [2.45, 2.75) is 44.1 Å². The summed E-state index contributed by atoms with van der Waals surface area (Å²) in [6.07, 6.45) is -0.216. The molecule has 0 unspecified atom stereocenters. The van der Waals surface area contributed by atoms with Gasteiger partial charge in [-0.2, -0.15) is 13.2 Å². The van der Waals surface area contributed by atoms with E-state index in [4.69, 9.17) is 21.1 Å². The molecular weight excluding hydrogens is 375 g/mol. The third kappa shape index (κ3) is 3.80. The highest BCUT2D eigenvalue weighted by Gasteiger charge is 2.46. The van der Waals surface area contributed by atoms with Crippen molar-refractivity contribution in [3.8, 4) is 0 Å². The van der Waals surface area contributed by atoms with Crippen molar-refractivity contribution in [1.29, 1.82) is 0 Å². The zero-order valence-corrected chi connectivity index (χ0v) is 14.2.